The van der Waals surface area contributed by atoms with Gasteiger partial charge in [0.15, 0.2) is 5.58 Å². The number of rotatable bonds is 2. The molecule has 0 radical (unpaired) electrons. The number of amides is 1. The lowest BCUT2D eigenvalue weighted by molar-refractivity contribution is 0.0841. The first kappa shape index (κ1) is 14.0. The summed E-state index contributed by atoms with van der Waals surface area (Å²) in [6.45, 7) is -0.204. The van der Waals surface area contributed by atoms with E-state index in [0.717, 1.165) is 4.31 Å². The van der Waals surface area contributed by atoms with Crippen molar-refractivity contribution in [3.8, 4) is 0 Å². The second-order valence-electron chi connectivity index (χ2n) is 5.30. The summed E-state index contributed by atoms with van der Waals surface area (Å²) < 4.78 is 31.2. The standard InChI is InChI=1S/C16H12N2O4S/c19-16-12-6-2-1-5-11(12)10-23(20,21)18(16)9-15-17-13-7-3-4-8-14(13)22-15/h1-8H,9-10H2. The number of nitrogens with zero attached hydrogens (tertiary/aromatic N) is 2. The van der Waals surface area contributed by atoms with Crippen molar-refractivity contribution >= 4 is 27.0 Å². The van der Waals surface area contributed by atoms with Crippen LogP contribution in [-0.2, 0) is 22.3 Å². The van der Waals surface area contributed by atoms with Gasteiger partial charge in [-0.25, -0.2) is 17.7 Å². The number of carbonyl (C=O) groups excluding carboxylic acids is 1. The number of oxazole rings is 1. The highest BCUT2D eigenvalue weighted by Crippen LogP contribution is 2.26. The van der Waals surface area contributed by atoms with E-state index in [1.165, 1.54) is 0 Å². The fourth-order valence-corrected chi connectivity index (χ4v) is 4.13. The van der Waals surface area contributed by atoms with Crippen LogP contribution < -0.4 is 0 Å². The largest absolute Gasteiger partial charge is 0.439 e. The van der Waals surface area contributed by atoms with Crippen molar-refractivity contribution in [3.05, 3.63) is 65.5 Å². The van der Waals surface area contributed by atoms with E-state index in [9.17, 15) is 13.2 Å². The molecule has 0 aliphatic carbocycles. The van der Waals surface area contributed by atoms with E-state index >= 15 is 0 Å². The number of para-hydroxylation sites is 2. The van der Waals surface area contributed by atoms with Crippen molar-refractivity contribution < 1.29 is 17.6 Å². The lowest BCUT2D eigenvalue weighted by Gasteiger charge is -2.26. The average molecular weight is 328 g/mol. The van der Waals surface area contributed by atoms with Crippen LogP contribution in [0.2, 0.25) is 0 Å². The van der Waals surface area contributed by atoms with Gasteiger partial charge in [0.2, 0.25) is 15.9 Å². The molecule has 3 aromatic rings. The van der Waals surface area contributed by atoms with Crippen molar-refractivity contribution in [3.63, 3.8) is 0 Å². The molecule has 6 nitrogen and oxygen atoms in total. The molecule has 0 N–H and O–H groups in total. The fourth-order valence-electron chi connectivity index (χ4n) is 2.67. The van der Waals surface area contributed by atoms with Crippen molar-refractivity contribution in [1.82, 2.24) is 9.29 Å². The summed E-state index contributed by atoms with van der Waals surface area (Å²) in [5.41, 5.74) is 2.11. The molecule has 23 heavy (non-hydrogen) atoms. The zero-order valence-electron chi connectivity index (χ0n) is 12.0. The van der Waals surface area contributed by atoms with Crippen molar-refractivity contribution in [2.45, 2.75) is 12.3 Å². The van der Waals surface area contributed by atoms with Gasteiger partial charge in [-0.15, -0.1) is 0 Å². The van der Waals surface area contributed by atoms with Gasteiger partial charge < -0.3 is 4.42 Å². The van der Waals surface area contributed by atoms with E-state index in [-0.39, 0.29) is 18.2 Å². The van der Waals surface area contributed by atoms with Crippen LogP contribution in [0.1, 0.15) is 21.8 Å². The van der Waals surface area contributed by atoms with Crippen LogP contribution in [0.5, 0.6) is 0 Å². The Morgan fingerprint density at radius 2 is 1.83 bits per heavy atom. The Labute approximate surface area is 132 Å². The normalized spacial score (nSPS) is 16.5. The third-order valence-corrected chi connectivity index (χ3v) is 5.41. The molecule has 0 saturated heterocycles. The van der Waals surface area contributed by atoms with E-state index in [1.54, 1.807) is 42.5 Å². The molecule has 7 heteroatoms. The average Bonchev–Trinajstić information content (AvgIpc) is 2.93. The summed E-state index contributed by atoms with van der Waals surface area (Å²) in [5, 5.41) is 0. The Morgan fingerprint density at radius 1 is 1.09 bits per heavy atom. The summed E-state index contributed by atoms with van der Waals surface area (Å²) in [7, 11) is -3.74. The minimum Gasteiger partial charge on any atom is -0.439 e. The smallest absolute Gasteiger partial charge is 0.268 e. The quantitative estimate of drug-likeness (QED) is 0.721. The highest BCUT2D eigenvalue weighted by atomic mass is 32.2. The molecule has 2 aromatic carbocycles. The number of benzene rings is 2. The third-order valence-electron chi connectivity index (χ3n) is 3.77. The summed E-state index contributed by atoms with van der Waals surface area (Å²) in [4.78, 5) is 16.8. The first-order valence-electron chi connectivity index (χ1n) is 7.02. The number of hydrogen-bond donors (Lipinski definition) is 0. The minimum atomic E-state index is -3.74. The van der Waals surface area contributed by atoms with Gasteiger partial charge in [-0.05, 0) is 23.8 Å². The van der Waals surface area contributed by atoms with Gasteiger partial charge in [0.05, 0.1) is 5.75 Å². The molecule has 1 aromatic heterocycles. The van der Waals surface area contributed by atoms with Crippen LogP contribution in [0.3, 0.4) is 0 Å². The molecule has 1 aliphatic heterocycles. The Bertz CT molecular complexity index is 990. The topological polar surface area (TPSA) is 80.5 Å². The zero-order valence-corrected chi connectivity index (χ0v) is 12.8. The van der Waals surface area contributed by atoms with E-state index in [0.29, 0.717) is 22.2 Å². The lowest BCUT2D eigenvalue weighted by Crippen LogP contribution is -2.41. The second-order valence-corrected chi connectivity index (χ2v) is 7.19. The predicted molar refractivity (Wildman–Crippen MR) is 82.9 cm³/mol. The van der Waals surface area contributed by atoms with Gasteiger partial charge in [-0.1, -0.05) is 30.3 Å². The molecule has 1 aliphatic rings. The Hall–Kier alpha value is -2.67. The van der Waals surface area contributed by atoms with Gasteiger partial charge in [0, 0.05) is 5.56 Å². The van der Waals surface area contributed by atoms with Crippen LogP contribution in [0, 0.1) is 0 Å². The van der Waals surface area contributed by atoms with Gasteiger partial charge in [-0.2, -0.15) is 0 Å². The van der Waals surface area contributed by atoms with Crippen LogP contribution in [-0.4, -0.2) is 23.6 Å². The van der Waals surface area contributed by atoms with Crippen molar-refractivity contribution in [1.29, 1.82) is 0 Å². The van der Waals surface area contributed by atoms with Crippen molar-refractivity contribution in [2.24, 2.45) is 0 Å². The summed E-state index contributed by atoms with van der Waals surface area (Å²) in [6, 6.07) is 13.8. The van der Waals surface area contributed by atoms with E-state index < -0.39 is 15.9 Å². The fraction of sp³-hybridized carbons (Fsp3) is 0.125. The maximum Gasteiger partial charge on any atom is 0.268 e. The number of aromatic nitrogens is 1. The molecular weight excluding hydrogens is 316 g/mol. The van der Waals surface area contributed by atoms with Crippen molar-refractivity contribution in [2.75, 3.05) is 0 Å². The van der Waals surface area contributed by atoms with Crippen LogP contribution in [0.4, 0.5) is 0 Å². The predicted octanol–water partition coefficient (Wildman–Crippen LogP) is 2.31. The molecule has 0 saturated carbocycles. The van der Waals surface area contributed by atoms with E-state index in [2.05, 4.69) is 4.98 Å². The van der Waals surface area contributed by atoms with Gasteiger partial charge in [0.25, 0.3) is 5.91 Å². The molecule has 0 bridgehead atoms. The maximum atomic E-state index is 12.5. The number of carbonyl (C=O) groups is 1. The van der Waals surface area contributed by atoms with E-state index in [1.807, 2.05) is 6.07 Å². The first-order chi connectivity index (χ1) is 11.0. The van der Waals surface area contributed by atoms with Gasteiger partial charge >= 0.3 is 0 Å². The Morgan fingerprint density at radius 3 is 2.65 bits per heavy atom. The number of hydrogen-bond acceptors (Lipinski definition) is 5. The molecule has 0 fully saturated rings. The second kappa shape index (κ2) is 4.92. The number of fused-ring (bicyclic) bond motifs is 2. The van der Waals surface area contributed by atoms with Crippen LogP contribution in [0.25, 0.3) is 11.1 Å². The highest BCUT2D eigenvalue weighted by molar-refractivity contribution is 7.89. The molecule has 2 heterocycles. The van der Waals surface area contributed by atoms with Crippen LogP contribution in [0.15, 0.2) is 52.9 Å². The van der Waals surface area contributed by atoms with E-state index in [4.69, 9.17) is 4.42 Å². The first-order valence-corrected chi connectivity index (χ1v) is 8.62. The van der Waals surface area contributed by atoms with Crippen LogP contribution >= 0.6 is 0 Å². The molecule has 0 unspecified atom stereocenters. The third kappa shape index (κ3) is 2.29. The number of sulfonamides is 1. The monoisotopic (exact) mass is 328 g/mol. The summed E-state index contributed by atoms with van der Waals surface area (Å²) in [6.07, 6.45) is 0. The lowest BCUT2D eigenvalue weighted by atomic mass is 10.1. The Kier molecular flexibility index (Phi) is 2.99. The SMILES string of the molecule is O=C1c2ccccc2CS(=O)(=O)N1Cc1nc2ccccc2o1. The Balaban J connectivity index is 1.74. The molecule has 0 atom stereocenters. The minimum absolute atomic E-state index is 0.197. The molecular formula is C16H12N2O4S. The summed E-state index contributed by atoms with van der Waals surface area (Å²) in [5.74, 6) is -0.550. The highest BCUT2D eigenvalue weighted by Gasteiger charge is 2.36. The molecule has 116 valence electrons. The maximum absolute atomic E-state index is 12.5. The molecule has 1 amide bonds. The molecule has 4 rings (SSSR count). The zero-order chi connectivity index (χ0) is 16.0. The van der Waals surface area contributed by atoms with Gasteiger partial charge in [0.1, 0.15) is 12.1 Å². The summed E-state index contributed by atoms with van der Waals surface area (Å²) >= 11 is 0. The molecule has 0 spiro atoms. The van der Waals surface area contributed by atoms with Gasteiger partial charge in [-0.3, -0.25) is 4.79 Å².